The normalized spacial score (nSPS) is 15.8. The largest absolute Gasteiger partial charge is 0.452 e. The predicted octanol–water partition coefficient (Wildman–Crippen LogP) is 2.05. The highest BCUT2D eigenvalue weighted by Crippen LogP contribution is 2.31. The smallest absolute Gasteiger partial charge is 0.309 e. The molecule has 8 nitrogen and oxygen atoms in total. The Labute approximate surface area is 152 Å². The van der Waals surface area contributed by atoms with E-state index in [1.165, 1.54) is 13.0 Å². The first-order chi connectivity index (χ1) is 12.4. The molecule has 8 heteroatoms. The number of nitro benzene ring substituents is 1. The molecule has 1 amide bonds. The molecule has 0 bridgehead atoms. The fraction of sp³-hybridized carbons (Fsp3) is 0.444. The Hall–Kier alpha value is -2.90. The van der Waals surface area contributed by atoms with Crippen LogP contribution in [0, 0.1) is 16.0 Å². The van der Waals surface area contributed by atoms with Gasteiger partial charge < -0.3 is 15.0 Å². The molecular formula is C18H23N3O5. The zero-order chi connectivity index (χ0) is 19.1. The number of rotatable bonds is 7. The summed E-state index contributed by atoms with van der Waals surface area (Å²) in [6, 6.07) is 6.57. The highest BCUT2D eigenvalue weighted by atomic mass is 16.6. The number of benzene rings is 1. The van der Waals surface area contributed by atoms with Crippen LogP contribution in [0.5, 0.6) is 0 Å². The molecule has 1 aromatic rings. The van der Waals surface area contributed by atoms with Crippen molar-refractivity contribution < 1.29 is 19.2 Å². The maximum absolute atomic E-state index is 12.3. The van der Waals surface area contributed by atoms with Crippen molar-refractivity contribution in [2.24, 2.45) is 5.92 Å². The number of esters is 1. The molecule has 0 saturated carbocycles. The van der Waals surface area contributed by atoms with Gasteiger partial charge in [0.2, 0.25) is 0 Å². The molecule has 1 atom stereocenters. The third-order valence-corrected chi connectivity index (χ3v) is 4.33. The second kappa shape index (κ2) is 8.98. The lowest BCUT2D eigenvalue weighted by atomic mass is 9.96. The molecule has 1 N–H and O–H groups in total. The number of carbonyl (C=O) groups is 2. The highest BCUT2D eigenvalue weighted by molar-refractivity contribution is 5.84. The number of piperidine rings is 1. The fourth-order valence-corrected chi connectivity index (χ4v) is 2.88. The van der Waals surface area contributed by atoms with Crippen LogP contribution in [-0.4, -0.2) is 42.5 Å². The van der Waals surface area contributed by atoms with Gasteiger partial charge in [-0.2, -0.15) is 0 Å². The summed E-state index contributed by atoms with van der Waals surface area (Å²) in [6.07, 6.45) is 1.72. The van der Waals surface area contributed by atoms with Crippen molar-refractivity contribution in [1.82, 2.24) is 5.32 Å². The van der Waals surface area contributed by atoms with E-state index in [-0.39, 0.29) is 17.5 Å². The van der Waals surface area contributed by atoms with E-state index in [1.807, 2.05) is 4.90 Å². The van der Waals surface area contributed by atoms with Gasteiger partial charge in [0.15, 0.2) is 6.10 Å². The second-order valence-corrected chi connectivity index (χ2v) is 6.12. The first-order valence-corrected chi connectivity index (χ1v) is 8.51. The quantitative estimate of drug-likeness (QED) is 0.345. The second-order valence-electron chi connectivity index (χ2n) is 6.12. The number of para-hydroxylation sites is 2. The molecule has 0 unspecified atom stereocenters. The third-order valence-electron chi connectivity index (χ3n) is 4.33. The van der Waals surface area contributed by atoms with Crippen LogP contribution in [0.3, 0.4) is 0 Å². The lowest BCUT2D eigenvalue weighted by molar-refractivity contribution is -0.384. The zero-order valence-corrected chi connectivity index (χ0v) is 14.7. The Kier molecular flexibility index (Phi) is 6.71. The summed E-state index contributed by atoms with van der Waals surface area (Å²) in [5.74, 6) is -1.09. The predicted molar refractivity (Wildman–Crippen MR) is 96.8 cm³/mol. The van der Waals surface area contributed by atoms with Crippen molar-refractivity contribution in [3.63, 3.8) is 0 Å². The standard InChI is InChI=1S/C18H23N3O5/c1-3-10-19-17(22)13(2)26-18(23)14-8-11-20(12-9-14)15-6-4-5-7-16(15)21(24)25/h3-7,13-14H,1,8-12H2,2H3,(H,19,22)/t13-/m1/s1. The van der Waals surface area contributed by atoms with Gasteiger partial charge in [-0.1, -0.05) is 18.2 Å². The van der Waals surface area contributed by atoms with E-state index in [1.54, 1.807) is 24.3 Å². The maximum Gasteiger partial charge on any atom is 0.309 e. The van der Waals surface area contributed by atoms with Crippen LogP contribution in [0.25, 0.3) is 0 Å². The number of hydrogen-bond donors (Lipinski definition) is 1. The Morgan fingerprint density at radius 2 is 2.08 bits per heavy atom. The van der Waals surface area contributed by atoms with Crippen molar-refractivity contribution >= 4 is 23.3 Å². The Bertz CT molecular complexity index is 683. The molecule has 140 valence electrons. The van der Waals surface area contributed by atoms with E-state index in [4.69, 9.17) is 4.74 Å². The fourth-order valence-electron chi connectivity index (χ4n) is 2.88. The van der Waals surface area contributed by atoms with Gasteiger partial charge in [-0.25, -0.2) is 0 Å². The number of carbonyl (C=O) groups excluding carboxylic acids is 2. The monoisotopic (exact) mass is 361 g/mol. The number of ether oxygens (including phenoxy) is 1. The average Bonchev–Trinajstić information content (AvgIpc) is 2.66. The molecule has 26 heavy (non-hydrogen) atoms. The summed E-state index contributed by atoms with van der Waals surface area (Å²) in [6.45, 7) is 6.38. The van der Waals surface area contributed by atoms with Crippen molar-refractivity contribution in [2.75, 3.05) is 24.5 Å². The van der Waals surface area contributed by atoms with E-state index >= 15 is 0 Å². The van der Waals surface area contributed by atoms with E-state index in [9.17, 15) is 19.7 Å². The Morgan fingerprint density at radius 3 is 2.69 bits per heavy atom. The molecule has 1 saturated heterocycles. The molecule has 0 radical (unpaired) electrons. The van der Waals surface area contributed by atoms with Crippen LogP contribution < -0.4 is 10.2 Å². The molecular weight excluding hydrogens is 338 g/mol. The number of hydrogen-bond acceptors (Lipinski definition) is 6. The zero-order valence-electron chi connectivity index (χ0n) is 14.7. The average molecular weight is 361 g/mol. The van der Waals surface area contributed by atoms with Crippen LogP contribution in [0.2, 0.25) is 0 Å². The molecule has 1 fully saturated rings. The summed E-state index contributed by atoms with van der Waals surface area (Å²) in [5.41, 5.74) is 0.613. The highest BCUT2D eigenvalue weighted by Gasteiger charge is 2.30. The lowest BCUT2D eigenvalue weighted by Crippen LogP contribution is -2.40. The molecule has 1 heterocycles. The van der Waals surface area contributed by atoms with Gasteiger partial charge in [-0.15, -0.1) is 6.58 Å². The first kappa shape index (κ1) is 19.4. The van der Waals surface area contributed by atoms with Crippen molar-refractivity contribution in [2.45, 2.75) is 25.9 Å². The van der Waals surface area contributed by atoms with Crippen molar-refractivity contribution in [1.29, 1.82) is 0 Å². The van der Waals surface area contributed by atoms with E-state index in [0.717, 1.165) is 0 Å². The summed E-state index contributed by atoms with van der Waals surface area (Å²) >= 11 is 0. The number of nitro groups is 1. The van der Waals surface area contributed by atoms with Crippen LogP contribution in [0.4, 0.5) is 11.4 Å². The van der Waals surface area contributed by atoms with E-state index in [0.29, 0.717) is 38.2 Å². The number of anilines is 1. The van der Waals surface area contributed by atoms with Gasteiger partial charge in [0.25, 0.3) is 11.6 Å². The Morgan fingerprint density at radius 1 is 1.42 bits per heavy atom. The number of amides is 1. The summed E-state index contributed by atoms with van der Waals surface area (Å²) in [5, 5.41) is 13.7. The number of nitrogens with zero attached hydrogens (tertiary/aromatic N) is 2. The van der Waals surface area contributed by atoms with Gasteiger partial charge >= 0.3 is 5.97 Å². The van der Waals surface area contributed by atoms with Crippen LogP contribution in [0.1, 0.15) is 19.8 Å². The van der Waals surface area contributed by atoms with E-state index < -0.39 is 17.0 Å². The minimum atomic E-state index is -0.865. The first-order valence-electron chi connectivity index (χ1n) is 8.51. The minimum Gasteiger partial charge on any atom is -0.452 e. The molecule has 1 aromatic carbocycles. The lowest BCUT2D eigenvalue weighted by Gasteiger charge is -2.32. The molecule has 1 aliphatic heterocycles. The number of nitrogens with one attached hydrogen (secondary N) is 1. The SMILES string of the molecule is C=CCNC(=O)[C@@H](C)OC(=O)C1CCN(c2ccccc2[N+](=O)[O-])CC1. The molecule has 0 aliphatic carbocycles. The molecule has 0 spiro atoms. The molecule has 1 aliphatic rings. The van der Waals surface area contributed by atoms with Crippen LogP contribution in [0.15, 0.2) is 36.9 Å². The molecule has 0 aromatic heterocycles. The summed E-state index contributed by atoms with van der Waals surface area (Å²) in [7, 11) is 0. The third kappa shape index (κ3) is 4.81. The van der Waals surface area contributed by atoms with Crippen LogP contribution >= 0.6 is 0 Å². The van der Waals surface area contributed by atoms with Crippen molar-refractivity contribution in [3.8, 4) is 0 Å². The summed E-state index contributed by atoms with van der Waals surface area (Å²) < 4.78 is 5.24. The summed E-state index contributed by atoms with van der Waals surface area (Å²) in [4.78, 5) is 36.7. The van der Waals surface area contributed by atoms with Gasteiger partial charge in [0, 0.05) is 25.7 Å². The van der Waals surface area contributed by atoms with Crippen molar-refractivity contribution in [3.05, 3.63) is 47.0 Å². The Balaban J connectivity index is 1.90. The van der Waals surface area contributed by atoms with Gasteiger partial charge in [-0.3, -0.25) is 19.7 Å². The van der Waals surface area contributed by atoms with Gasteiger partial charge in [0.1, 0.15) is 5.69 Å². The van der Waals surface area contributed by atoms with Gasteiger partial charge in [0.05, 0.1) is 10.8 Å². The van der Waals surface area contributed by atoms with E-state index in [2.05, 4.69) is 11.9 Å². The minimum absolute atomic E-state index is 0.0565. The maximum atomic E-state index is 12.3. The topological polar surface area (TPSA) is 102 Å². The molecule has 2 rings (SSSR count). The van der Waals surface area contributed by atoms with Crippen LogP contribution in [-0.2, 0) is 14.3 Å². The van der Waals surface area contributed by atoms with Gasteiger partial charge in [-0.05, 0) is 25.8 Å².